The molecule has 0 aromatic heterocycles. The molecule has 2 N–H and O–H groups in total. The largest absolute Gasteiger partial charge is 0.468 e. The van der Waals surface area contributed by atoms with Gasteiger partial charge in [0.1, 0.15) is 6.04 Å². The number of halogens is 4. The van der Waals surface area contributed by atoms with Gasteiger partial charge >= 0.3 is 18.3 Å². The first-order valence-corrected chi connectivity index (χ1v) is 3.30. The van der Waals surface area contributed by atoms with Crippen molar-refractivity contribution in [3.63, 3.8) is 0 Å². The summed E-state index contributed by atoms with van der Waals surface area (Å²) in [5.74, 6) is -5.39. The molecule has 0 spiro atoms. The molecule has 1 atom stereocenters. The molecule has 0 bridgehead atoms. The lowest BCUT2D eigenvalue weighted by atomic mass is 10.1. The fourth-order valence-electron chi connectivity index (χ4n) is 0.617. The lowest BCUT2D eigenvalue weighted by molar-refractivity contribution is -0.155. The molecule has 13 heavy (non-hydrogen) atoms. The zero-order valence-electron chi connectivity index (χ0n) is 6.77. The third-order valence-electron chi connectivity index (χ3n) is 1.32. The first kappa shape index (κ1) is 12.2. The van der Waals surface area contributed by atoms with Crippen molar-refractivity contribution in [3.05, 3.63) is 0 Å². The zero-order valence-corrected chi connectivity index (χ0v) is 6.77. The van der Waals surface area contributed by atoms with Crippen LogP contribution in [0, 0.1) is 0 Å². The van der Waals surface area contributed by atoms with Gasteiger partial charge in [0.05, 0.1) is 7.11 Å². The molecule has 0 aliphatic heterocycles. The van der Waals surface area contributed by atoms with Crippen LogP contribution < -0.4 is 5.73 Å². The second-order valence-corrected chi connectivity index (χ2v) is 2.40. The van der Waals surface area contributed by atoms with E-state index in [1.54, 1.807) is 0 Å². The van der Waals surface area contributed by atoms with E-state index in [-0.39, 0.29) is 0 Å². The van der Waals surface area contributed by atoms with Crippen molar-refractivity contribution >= 4 is 5.97 Å². The normalized spacial score (nSPS) is 14.4. The number of hydrogen-bond donors (Lipinski definition) is 1. The summed E-state index contributed by atoms with van der Waals surface area (Å²) >= 11 is 0. The van der Waals surface area contributed by atoms with Crippen LogP contribution in [-0.2, 0) is 9.53 Å². The molecule has 3 nitrogen and oxygen atoms in total. The number of carbonyl (C=O) groups is 1. The van der Waals surface area contributed by atoms with Crippen LogP contribution in [0.4, 0.5) is 17.6 Å². The molecule has 0 aromatic rings. The summed E-state index contributed by atoms with van der Waals surface area (Å²) in [6, 6.07) is -1.73. The van der Waals surface area contributed by atoms with E-state index >= 15 is 0 Å². The Morgan fingerprint density at radius 2 is 2.00 bits per heavy atom. The van der Waals surface area contributed by atoms with Crippen LogP contribution in [-0.4, -0.2) is 31.5 Å². The van der Waals surface area contributed by atoms with Gasteiger partial charge in [0.2, 0.25) is 0 Å². The number of hydrogen-bond acceptors (Lipinski definition) is 3. The molecule has 0 rings (SSSR count). The highest BCUT2D eigenvalue weighted by atomic mass is 19.3. The summed E-state index contributed by atoms with van der Waals surface area (Å²) in [4.78, 5) is 10.5. The van der Waals surface area contributed by atoms with Gasteiger partial charge in [-0.25, -0.2) is 17.6 Å². The minimum Gasteiger partial charge on any atom is -0.468 e. The Kier molecular flexibility index (Phi) is 4.12. The molecular formula is C6H9F4NO2. The molecule has 78 valence electrons. The average Bonchev–Trinajstić information content (AvgIpc) is 2.01. The molecule has 1 unspecified atom stereocenters. The van der Waals surface area contributed by atoms with Crippen LogP contribution in [0.5, 0.6) is 0 Å². The predicted molar refractivity (Wildman–Crippen MR) is 35.6 cm³/mol. The van der Waals surface area contributed by atoms with Crippen LogP contribution in [0.3, 0.4) is 0 Å². The van der Waals surface area contributed by atoms with E-state index < -0.39 is 30.8 Å². The Bertz CT molecular complexity index is 185. The number of methoxy groups -OCH3 is 1. The third-order valence-corrected chi connectivity index (χ3v) is 1.32. The van der Waals surface area contributed by atoms with E-state index in [9.17, 15) is 22.4 Å². The first-order chi connectivity index (χ1) is 5.81. The van der Waals surface area contributed by atoms with Crippen molar-refractivity contribution in [1.29, 1.82) is 0 Å². The van der Waals surface area contributed by atoms with Crippen molar-refractivity contribution in [3.8, 4) is 0 Å². The van der Waals surface area contributed by atoms with Crippen LogP contribution in [0.1, 0.15) is 6.42 Å². The number of esters is 1. The van der Waals surface area contributed by atoms with Gasteiger partial charge < -0.3 is 10.5 Å². The average molecular weight is 203 g/mol. The Labute approximate surface area is 71.8 Å². The lowest BCUT2D eigenvalue weighted by Gasteiger charge is -2.17. The Morgan fingerprint density at radius 1 is 1.54 bits per heavy atom. The minimum absolute atomic E-state index is 0.933. The summed E-state index contributed by atoms with van der Waals surface area (Å²) in [7, 11) is 0.933. The smallest absolute Gasteiger partial charge is 0.322 e. The maximum absolute atomic E-state index is 12.3. The molecule has 0 saturated carbocycles. The SMILES string of the molecule is COC(=O)C(N)CC(F)(F)C(F)F. The topological polar surface area (TPSA) is 52.3 Å². The number of ether oxygens (including phenoxy) is 1. The molecule has 0 aliphatic rings. The quantitative estimate of drug-likeness (QED) is 0.542. The second-order valence-electron chi connectivity index (χ2n) is 2.40. The monoisotopic (exact) mass is 203 g/mol. The Morgan fingerprint density at radius 3 is 2.31 bits per heavy atom. The molecule has 0 fully saturated rings. The van der Waals surface area contributed by atoms with Gasteiger partial charge in [-0.2, -0.15) is 0 Å². The number of nitrogens with two attached hydrogens (primary N) is 1. The summed E-state index contributed by atoms with van der Waals surface area (Å²) in [6.07, 6.45) is -5.25. The first-order valence-electron chi connectivity index (χ1n) is 3.30. The Hall–Kier alpha value is -0.850. The van der Waals surface area contributed by atoms with E-state index in [1.807, 2.05) is 0 Å². The van der Waals surface area contributed by atoms with Gasteiger partial charge in [0.15, 0.2) is 0 Å². The lowest BCUT2D eigenvalue weighted by Crippen LogP contribution is -2.40. The maximum atomic E-state index is 12.3. The molecule has 0 amide bonds. The third kappa shape index (κ3) is 3.58. The van der Waals surface area contributed by atoms with Crippen LogP contribution in [0.15, 0.2) is 0 Å². The fraction of sp³-hybridized carbons (Fsp3) is 0.833. The van der Waals surface area contributed by atoms with E-state index in [2.05, 4.69) is 4.74 Å². The van der Waals surface area contributed by atoms with Gasteiger partial charge in [-0.3, -0.25) is 4.79 Å². The Balaban J connectivity index is 4.19. The number of rotatable bonds is 4. The summed E-state index contributed by atoms with van der Waals surface area (Å²) < 4.78 is 51.7. The van der Waals surface area contributed by atoms with Crippen LogP contribution >= 0.6 is 0 Å². The van der Waals surface area contributed by atoms with E-state index in [4.69, 9.17) is 5.73 Å². The van der Waals surface area contributed by atoms with E-state index in [1.165, 1.54) is 0 Å². The highest BCUT2D eigenvalue weighted by molar-refractivity contribution is 5.75. The van der Waals surface area contributed by atoms with Crippen LogP contribution in [0.2, 0.25) is 0 Å². The second kappa shape index (κ2) is 4.40. The number of alkyl halides is 4. The molecular weight excluding hydrogens is 194 g/mol. The molecule has 0 aliphatic carbocycles. The van der Waals surface area contributed by atoms with E-state index in [0.29, 0.717) is 0 Å². The molecule has 0 heterocycles. The van der Waals surface area contributed by atoms with Crippen molar-refractivity contribution in [1.82, 2.24) is 0 Å². The highest BCUT2D eigenvalue weighted by Gasteiger charge is 2.43. The van der Waals surface area contributed by atoms with Gasteiger partial charge in [-0.1, -0.05) is 0 Å². The van der Waals surface area contributed by atoms with E-state index in [0.717, 1.165) is 7.11 Å². The van der Waals surface area contributed by atoms with Gasteiger partial charge in [0.25, 0.3) is 0 Å². The van der Waals surface area contributed by atoms with Crippen molar-refractivity contribution in [2.45, 2.75) is 24.8 Å². The molecule has 0 radical (unpaired) electrons. The predicted octanol–water partition coefficient (Wildman–Crippen LogP) is 0.777. The molecule has 0 aromatic carbocycles. The van der Waals surface area contributed by atoms with Gasteiger partial charge in [-0.15, -0.1) is 0 Å². The van der Waals surface area contributed by atoms with Gasteiger partial charge in [0, 0.05) is 6.42 Å². The van der Waals surface area contributed by atoms with Crippen LogP contribution in [0.25, 0.3) is 0 Å². The summed E-state index contributed by atoms with van der Waals surface area (Å²) in [5, 5.41) is 0. The summed E-state index contributed by atoms with van der Waals surface area (Å²) in [6.45, 7) is 0. The standard InChI is InChI=1S/C6H9F4NO2/c1-13-4(12)3(11)2-6(9,10)5(7)8/h3,5H,2,11H2,1H3. The highest BCUT2D eigenvalue weighted by Crippen LogP contribution is 2.27. The maximum Gasteiger partial charge on any atom is 0.322 e. The van der Waals surface area contributed by atoms with Crippen molar-refractivity contribution < 1.29 is 27.1 Å². The zero-order chi connectivity index (χ0) is 10.6. The van der Waals surface area contributed by atoms with Gasteiger partial charge in [-0.05, 0) is 0 Å². The fourth-order valence-corrected chi connectivity index (χ4v) is 0.617. The summed E-state index contributed by atoms with van der Waals surface area (Å²) in [5.41, 5.74) is 4.86. The minimum atomic E-state index is -4.26. The van der Waals surface area contributed by atoms with Crippen molar-refractivity contribution in [2.75, 3.05) is 7.11 Å². The number of carbonyl (C=O) groups excluding carboxylic acids is 1. The van der Waals surface area contributed by atoms with Crippen molar-refractivity contribution in [2.24, 2.45) is 5.73 Å². The molecule has 7 heteroatoms. The molecule has 0 saturated heterocycles.